The van der Waals surface area contributed by atoms with Gasteiger partial charge in [0, 0.05) is 31.3 Å². The molecule has 1 aromatic rings. The van der Waals surface area contributed by atoms with Crippen molar-refractivity contribution in [3.63, 3.8) is 0 Å². The summed E-state index contributed by atoms with van der Waals surface area (Å²) in [5, 5.41) is 0. The summed E-state index contributed by atoms with van der Waals surface area (Å²) < 4.78 is 11.0. The van der Waals surface area contributed by atoms with Crippen molar-refractivity contribution < 1.29 is 14.3 Å². The summed E-state index contributed by atoms with van der Waals surface area (Å²) in [7, 11) is 1.54. The van der Waals surface area contributed by atoms with Crippen LogP contribution in [0.4, 0.5) is 0 Å². The first kappa shape index (κ1) is 15.5. The smallest absolute Gasteiger partial charge is 0.278 e. The Hall–Kier alpha value is -1.85. The molecule has 1 aliphatic heterocycles. The maximum Gasteiger partial charge on any atom is 0.278 e. The highest BCUT2D eigenvalue weighted by molar-refractivity contribution is 5.79. The third-order valence-electron chi connectivity index (χ3n) is 3.90. The number of hydrogen-bond donors (Lipinski definition) is 0. The predicted molar refractivity (Wildman–Crippen MR) is 78.3 cm³/mol. The molecule has 0 aromatic carbocycles. The van der Waals surface area contributed by atoms with Crippen molar-refractivity contribution in [3.05, 3.63) is 12.4 Å². The number of carbonyl (C=O) groups is 1. The fraction of sp³-hybridized carbons (Fsp3) is 0.667. The molecule has 1 unspecified atom stereocenters. The number of amides is 1. The molecule has 0 bridgehead atoms. The average Bonchev–Trinajstić information content (AvgIpc) is 2.97. The Balaban J connectivity index is 1.95. The van der Waals surface area contributed by atoms with Crippen molar-refractivity contribution in [2.24, 2.45) is 5.92 Å². The average molecular weight is 293 g/mol. The Labute approximate surface area is 125 Å². The van der Waals surface area contributed by atoms with Gasteiger partial charge in [-0.3, -0.25) is 4.79 Å². The molecule has 21 heavy (non-hydrogen) atoms. The molecule has 0 spiro atoms. The van der Waals surface area contributed by atoms with Gasteiger partial charge in [-0.15, -0.1) is 0 Å². The number of methoxy groups -OCH3 is 1. The first-order valence-electron chi connectivity index (χ1n) is 7.50. The third-order valence-corrected chi connectivity index (χ3v) is 3.90. The molecule has 0 radical (unpaired) electrons. The second kappa shape index (κ2) is 7.24. The molecule has 0 aliphatic carbocycles. The fourth-order valence-corrected chi connectivity index (χ4v) is 2.61. The van der Waals surface area contributed by atoms with Gasteiger partial charge in [0.1, 0.15) is 6.10 Å². The molecule has 2 heterocycles. The summed E-state index contributed by atoms with van der Waals surface area (Å²) in [5.41, 5.74) is 0. The van der Waals surface area contributed by atoms with Gasteiger partial charge in [-0.2, -0.15) is 0 Å². The van der Waals surface area contributed by atoms with Crippen LogP contribution in [0.5, 0.6) is 11.8 Å². The number of nitrogens with zero attached hydrogens (tertiary/aromatic N) is 3. The highest BCUT2D eigenvalue weighted by atomic mass is 16.5. The van der Waals surface area contributed by atoms with Gasteiger partial charge in [0.15, 0.2) is 0 Å². The SMILES string of the molecule is CCC(CC)C(=O)N1CCC(Oc2nccnc2OC)C1. The van der Waals surface area contributed by atoms with Gasteiger partial charge in [0.25, 0.3) is 11.8 Å². The summed E-state index contributed by atoms with van der Waals surface area (Å²) in [5.74, 6) is 1.12. The van der Waals surface area contributed by atoms with E-state index in [2.05, 4.69) is 23.8 Å². The highest BCUT2D eigenvalue weighted by Gasteiger charge is 2.31. The molecular formula is C15H23N3O3. The Bertz CT molecular complexity index is 477. The minimum Gasteiger partial charge on any atom is -0.477 e. The Morgan fingerprint density at radius 2 is 2.00 bits per heavy atom. The molecule has 1 aliphatic rings. The van der Waals surface area contributed by atoms with E-state index in [1.807, 2.05) is 4.90 Å². The number of aromatic nitrogens is 2. The van der Waals surface area contributed by atoms with Gasteiger partial charge in [0.2, 0.25) is 5.91 Å². The van der Waals surface area contributed by atoms with Crippen LogP contribution in [0.2, 0.25) is 0 Å². The molecule has 116 valence electrons. The van der Waals surface area contributed by atoms with E-state index in [1.165, 1.54) is 7.11 Å². The summed E-state index contributed by atoms with van der Waals surface area (Å²) in [6, 6.07) is 0. The van der Waals surface area contributed by atoms with Crippen molar-refractivity contribution in [3.8, 4) is 11.8 Å². The van der Waals surface area contributed by atoms with Crippen molar-refractivity contribution in [2.75, 3.05) is 20.2 Å². The molecular weight excluding hydrogens is 270 g/mol. The van der Waals surface area contributed by atoms with E-state index >= 15 is 0 Å². The Kier molecular flexibility index (Phi) is 5.36. The van der Waals surface area contributed by atoms with E-state index in [4.69, 9.17) is 9.47 Å². The summed E-state index contributed by atoms with van der Waals surface area (Å²) in [6.45, 7) is 5.46. The molecule has 1 fully saturated rings. The van der Waals surface area contributed by atoms with Crippen LogP contribution in [-0.4, -0.2) is 47.1 Å². The first-order valence-corrected chi connectivity index (χ1v) is 7.50. The lowest BCUT2D eigenvalue weighted by molar-refractivity contribution is -0.134. The van der Waals surface area contributed by atoms with E-state index < -0.39 is 0 Å². The van der Waals surface area contributed by atoms with Crippen molar-refractivity contribution in [1.82, 2.24) is 14.9 Å². The van der Waals surface area contributed by atoms with Crippen molar-refractivity contribution >= 4 is 5.91 Å². The predicted octanol–water partition coefficient (Wildman–Crippen LogP) is 1.90. The molecule has 0 saturated carbocycles. The van der Waals surface area contributed by atoms with Gasteiger partial charge in [-0.25, -0.2) is 9.97 Å². The second-order valence-electron chi connectivity index (χ2n) is 5.20. The van der Waals surface area contributed by atoms with Crippen LogP contribution in [0.15, 0.2) is 12.4 Å². The van der Waals surface area contributed by atoms with Crippen molar-refractivity contribution in [2.45, 2.75) is 39.2 Å². The molecule has 1 amide bonds. The lowest BCUT2D eigenvalue weighted by Crippen LogP contribution is -2.35. The molecule has 6 heteroatoms. The molecule has 6 nitrogen and oxygen atoms in total. The van der Waals surface area contributed by atoms with E-state index in [9.17, 15) is 4.79 Å². The van der Waals surface area contributed by atoms with Gasteiger partial charge < -0.3 is 14.4 Å². The summed E-state index contributed by atoms with van der Waals surface area (Å²) in [6.07, 6.45) is 5.66. The number of likely N-dealkylation sites (tertiary alicyclic amines) is 1. The number of hydrogen-bond acceptors (Lipinski definition) is 5. The van der Waals surface area contributed by atoms with E-state index in [0.29, 0.717) is 18.3 Å². The summed E-state index contributed by atoms with van der Waals surface area (Å²) in [4.78, 5) is 22.4. The van der Waals surface area contributed by atoms with Crippen LogP contribution in [0.1, 0.15) is 33.1 Å². The van der Waals surface area contributed by atoms with Gasteiger partial charge in [-0.1, -0.05) is 13.8 Å². The van der Waals surface area contributed by atoms with Crippen LogP contribution in [-0.2, 0) is 4.79 Å². The van der Waals surface area contributed by atoms with Crippen LogP contribution in [0.25, 0.3) is 0 Å². The van der Waals surface area contributed by atoms with Gasteiger partial charge in [0.05, 0.1) is 13.7 Å². The van der Waals surface area contributed by atoms with Gasteiger partial charge in [-0.05, 0) is 12.8 Å². The van der Waals surface area contributed by atoms with Crippen LogP contribution >= 0.6 is 0 Å². The molecule has 0 N–H and O–H groups in total. The van der Waals surface area contributed by atoms with E-state index in [0.717, 1.165) is 25.8 Å². The Morgan fingerprint density at radius 3 is 2.62 bits per heavy atom. The zero-order valence-electron chi connectivity index (χ0n) is 12.9. The molecule has 2 rings (SSSR count). The zero-order chi connectivity index (χ0) is 15.2. The minimum absolute atomic E-state index is 0.0473. The topological polar surface area (TPSA) is 64.6 Å². The maximum atomic E-state index is 12.3. The summed E-state index contributed by atoms with van der Waals surface area (Å²) >= 11 is 0. The maximum absolute atomic E-state index is 12.3. The van der Waals surface area contributed by atoms with Crippen LogP contribution in [0.3, 0.4) is 0 Å². The quantitative estimate of drug-likeness (QED) is 0.801. The van der Waals surface area contributed by atoms with Crippen LogP contribution in [0, 0.1) is 5.92 Å². The lowest BCUT2D eigenvalue weighted by atomic mass is 10.0. The van der Waals surface area contributed by atoms with E-state index in [-0.39, 0.29) is 17.9 Å². The molecule has 1 saturated heterocycles. The second-order valence-corrected chi connectivity index (χ2v) is 5.20. The zero-order valence-corrected chi connectivity index (χ0v) is 12.9. The Morgan fingerprint density at radius 1 is 1.33 bits per heavy atom. The largest absolute Gasteiger partial charge is 0.477 e. The number of carbonyl (C=O) groups excluding carboxylic acids is 1. The monoisotopic (exact) mass is 293 g/mol. The fourth-order valence-electron chi connectivity index (χ4n) is 2.61. The lowest BCUT2D eigenvalue weighted by Gasteiger charge is -2.21. The highest BCUT2D eigenvalue weighted by Crippen LogP contribution is 2.25. The number of ether oxygens (including phenoxy) is 2. The van der Waals surface area contributed by atoms with Crippen molar-refractivity contribution in [1.29, 1.82) is 0 Å². The number of rotatable bonds is 6. The first-order chi connectivity index (χ1) is 10.2. The third kappa shape index (κ3) is 3.62. The van der Waals surface area contributed by atoms with E-state index in [1.54, 1.807) is 12.4 Å². The molecule has 1 atom stereocenters. The minimum atomic E-state index is -0.0473. The van der Waals surface area contributed by atoms with Crippen LogP contribution < -0.4 is 9.47 Å². The molecule has 1 aromatic heterocycles. The van der Waals surface area contributed by atoms with Gasteiger partial charge >= 0.3 is 0 Å². The normalized spacial score (nSPS) is 18.1. The standard InChI is InChI=1S/C15H23N3O3/c1-4-11(5-2)15(19)18-9-6-12(10-18)21-14-13(20-3)16-7-8-17-14/h7-8,11-12H,4-6,9-10H2,1-3H3.